The molecule has 132 valence electrons. The second kappa shape index (κ2) is 9.89. The SMILES string of the molecule is Cc1ccc(SCCNC(=O)CCNC(=O)c2cccc(C)c2)cc1. The number of benzene rings is 2. The minimum Gasteiger partial charge on any atom is -0.355 e. The molecule has 2 aromatic carbocycles. The van der Waals surface area contributed by atoms with Gasteiger partial charge in [-0.25, -0.2) is 0 Å². The van der Waals surface area contributed by atoms with Crippen LogP contribution in [0.3, 0.4) is 0 Å². The maximum Gasteiger partial charge on any atom is 0.251 e. The van der Waals surface area contributed by atoms with E-state index in [-0.39, 0.29) is 18.2 Å². The third-order valence-corrected chi connectivity index (χ3v) is 4.65. The van der Waals surface area contributed by atoms with Gasteiger partial charge < -0.3 is 10.6 Å². The molecule has 2 rings (SSSR count). The fourth-order valence-corrected chi connectivity index (χ4v) is 3.03. The highest BCUT2D eigenvalue weighted by atomic mass is 32.2. The third kappa shape index (κ3) is 7.01. The number of aryl methyl sites for hydroxylation is 2. The highest BCUT2D eigenvalue weighted by Gasteiger charge is 2.06. The monoisotopic (exact) mass is 356 g/mol. The van der Waals surface area contributed by atoms with Crippen molar-refractivity contribution in [3.05, 3.63) is 65.2 Å². The third-order valence-electron chi connectivity index (χ3n) is 3.63. The molecule has 0 aliphatic carbocycles. The lowest BCUT2D eigenvalue weighted by Crippen LogP contribution is -2.31. The van der Waals surface area contributed by atoms with Gasteiger partial charge in [0.15, 0.2) is 0 Å². The topological polar surface area (TPSA) is 58.2 Å². The lowest BCUT2D eigenvalue weighted by molar-refractivity contribution is -0.120. The second-order valence-corrected chi connectivity index (χ2v) is 7.06. The number of hydrogen-bond acceptors (Lipinski definition) is 3. The Bertz CT molecular complexity index is 714. The predicted octanol–water partition coefficient (Wildman–Crippen LogP) is 3.33. The molecule has 0 aromatic heterocycles. The molecule has 0 radical (unpaired) electrons. The van der Waals surface area contributed by atoms with E-state index < -0.39 is 0 Å². The van der Waals surface area contributed by atoms with E-state index in [1.165, 1.54) is 10.5 Å². The van der Waals surface area contributed by atoms with Crippen LogP contribution in [0.2, 0.25) is 0 Å². The van der Waals surface area contributed by atoms with Gasteiger partial charge >= 0.3 is 0 Å². The first-order valence-corrected chi connectivity index (χ1v) is 9.34. The first-order valence-electron chi connectivity index (χ1n) is 8.35. The maximum absolute atomic E-state index is 12.0. The van der Waals surface area contributed by atoms with Crippen molar-refractivity contribution < 1.29 is 9.59 Å². The Morgan fingerprint density at radius 1 is 0.920 bits per heavy atom. The van der Waals surface area contributed by atoms with Gasteiger partial charge in [-0.05, 0) is 38.1 Å². The highest BCUT2D eigenvalue weighted by Crippen LogP contribution is 2.17. The van der Waals surface area contributed by atoms with Gasteiger partial charge in [-0.2, -0.15) is 0 Å². The van der Waals surface area contributed by atoms with Crippen LogP contribution in [0.15, 0.2) is 53.4 Å². The zero-order valence-corrected chi connectivity index (χ0v) is 15.5. The largest absolute Gasteiger partial charge is 0.355 e. The molecule has 2 N–H and O–H groups in total. The average Bonchev–Trinajstić information content (AvgIpc) is 2.60. The molecule has 0 fully saturated rings. The molecule has 5 heteroatoms. The van der Waals surface area contributed by atoms with Crippen molar-refractivity contribution in [1.29, 1.82) is 0 Å². The number of nitrogens with one attached hydrogen (secondary N) is 2. The molecule has 0 unspecified atom stereocenters. The molecule has 2 aromatic rings. The molecule has 2 amide bonds. The Kier molecular flexibility index (Phi) is 7.54. The Hall–Kier alpha value is -2.27. The molecule has 0 saturated carbocycles. The summed E-state index contributed by atoms with van der Waals surface area (Å²) >= 11 is 1.71. The summed E-state index contributed by atoms with van der Waals surface area (Å²) in [6, 6.07) is 15.7. The first-order chi connectivity index (χ1) is 12.0. The van der Waals surface area contributed by atoms with E-state index in [9.17, 15) is 9.59 Å². The van der Waals surface area contributed by atoms with Crippen LogP contribution in [0.1, 0.15) is 27.9 Å². The fourth-order valence-electron chi connectivity index (χ4n) is 2.26. The Labute approximate surface area is 153 Å². The molecule has 25 heavy (non-hydrogen) atoms. The lowest BCUT2D eigenvalue weighted by atomic mass is 10.1. The summed E-state index contributed by atoms with van der Waals surface area (Å²) in [5.41, 5.74) is 2.90. The van der Waals surface area contributed by atoms with Crippen LogP contribution in [0.25, 0.3) is 0 Å². The van der Waals surface area contributed by atoms with Gasteiger partial charge in [0, 0.05) is 35.7 Å². The minimum atomic E-state index is -0.147. The molecule has 0 atom stereocenters. The minimum absolute atomic E-state index is 0.0472. The van der Waals surface area contributed by atoms with Gasteiger partial charge in [0.2, 0.25) is 5.91 Å². The van der Waals surface area contributed by atoms with Crippen molar-refractivity contribution in [2.75, 3.05) is 18.8 Å². The maximum atomic E-state index is 12.0. The van der Waals surface area contributed by atoms with Gasteiger partial charge in [0.05, 0.1) is 0 Å². The van der Waals surface area contributed by atoms with E-state index in [0.29, 0.717) is 18.7 Å². The molecule has 0 spiro atoms. The van der Waals surface area contributed by atoms with Gasteiger partial charge in [-0.3, -0.25) is 9.59 Å². The number of rotatable bonds is 8. The van der Waals surface area contributed by atoms with Gasteiger partial charge in [0.25, 0.3) is 5.91 Å². The zero-order chi connectivity index (χ0) is 18.1. The van der Waals surface area contributed by atoms with Crippen LogP contribution in [0, 0.1) is 13.8 Å². The smallest absolute Gasteiger partial charge is 0.251 e. The van der Waals surface area contributed by atoms with Gasteiger partial charge in [0.1, 0.15) is 0 Å². The van der Waals surface area contributed by atoms with E-state index in [4.69, 9.17) is 0 Å². The van der Waals surface area contributed by atoms with Crippen LogP contribution in [-0.2, 0) is 4.79 Å². The molecule has 0 heterocycles. The summed E-state index contributed by atoms with van der Waals surface area (Å²) in [6.45, 7) is 4.96. The number of carbonyl (C=O) groups excluding carboxylic acids is 2. The number of hydrogen-bond donors (Lipinski definition) is 2. The van der Waals surface area contributed by atoms with E-state index in [2.05, 4.69) is 41.8 Å². The number of amides is 2. The van der Waals surface area contributed by atoms with Crippen molar-refractivity contribution >= 4 is 23.6 Å². The lowest BCUT2D eigenvalue weighted by Gasteiger charge is -2.07. The van der Waals surface area contributed by atoms with E-state index in [1.807, 2.05) is 25.1 Å². The fraction of sp³-hybridized carbons (Fsp3) is 0.300. The summed E-state index contributed by atoms with van der Waals surface area (Å²) in [6.07, 6.45) is 0.284. The highest BCUT2D eigenvalue weighted by molar-refractivity contribution is 7.99. The summed E-state index contributed by atoms with van der Waals surface area (Å²) in [4.78, 5) is 25.0. The normalized spacial score (nSPS) is 10.3. The summed E-state index contributed by atoms with van der Waals surface area (Å²) in [7, 11) is 0. The Morgan fingerprint density at radius 3 is 2.40 bits per heavy atom. The molecular weight excluding hydrogens is 332 g/mol. The van der Waals surface area contributed by atoms with Crippen molar-refractivity contribution in [1.82, 2.24) is 10.6 Å². The van der Waals surface area contributed by atoms with Crippen LogP contribution < -0.4 is 10.6 Å². The Balaban J connectivity index is 1.59. The van der Waals surface area contributed by atoms with Crippen molar-refractivity contribution in [3.8, 4) is 0 Å². The van der Waals surface area contributed by atoms with Crippen LogP contribution in [0.5, 0.6) is 0 Å². The summed E-state index contributed by atoms with van der Waals surface area (Å²) < 4.78 is 0. The molecular formula is C20H24N2O2S. The molecule has 0 bridgehead atoms. The zero-order valence-electron chi connectivity index (χ0n) is 14.7. The van der Waals surface area contributed by atoms with Crippen LogP contribution in [0.4, 0.5) is 0 Å². The molecule has 4 nitrogen and oxygen atoms in total. The predicted molar refractivity (Wildman–Crippen MR) is 103 cm³/mol. The van der Waals surface area contributed by atoms with E-state index >= 15 is 0 Å². The van der Waals surface area contributed by atoms with Crippen molar-refractivity contribution in [2.45, 2.75) is 25.2 Å². The van der Waals surface area contributed by atoms with Crippen LogP contribution in [-0.4, -0.2) is 30.7 Å². The average molecular weight is 356 g/mol. The standard InChI is InChI=1S/C20H24N2O2S/c1-15-6-8-18(9-7-15)25-13-12-21-19(23)10-11-22-20(24)17-5-3-4-16(2)14-17/h3-9,14H,10-13H2,1-2H3,(H,21,23)(H,22,24). The summed E-state index contributed by atoms with van der Waals surface area (Å²) in [5, 5.41) is 5.65. The van der Waals surface area contributed by atoms with Gasteiger partial charge in [-0.15, -0.1) is 11.8 Å². The van der Waals surface area contributed by atoms with Gasteiger partial charge in [-0.1, -0.05) is 35.4 Å². The molecule has 0 aliphatic heterocycles. The van der Waals surface area contributed by atoms with E-state index in [1.54, 1.807) is 17.8 Å². The van der Waals surface area contributed by atoms with Crippen LogP contribution >= 0.6 is 11.8 Å². The molecule has 0 saturated heterocycles. The number of carbonyl (C=O) groups is 2. The Morgan fingerprint density at radius 2 is 1.68 bits per heavy atom. The first kappa shape index (κ1) is 19.1. The van der Waals surface area contributed by atoms with E-state index in [0.717, 1.165) is 11.3 Å². The quantitative estimate of drug-likeness (QED) is 0.563. The number of thioether (sulfide) groups is 1. The molecule has 0 aliphatic rings. The van der Waals surface area contributed by atoms with Crippen molar-refractivity contribution in [2.24, 2.45) is 0 Å². The second-order valence-electron chi connectivity index (χ2n) is 5.89. The summed E-state index contributed by atoms with van der Waals surface area (Å²) in [5.74, 6) is 0.630. The van der Waals surface area contributed by atoms with Crippen molar-refractivity contribution in [3.63, 3.8) is 0 Å².